The zero-order valence-corrected chi connectivity index (χ0v) is 23.2. The first-order chi connectivity index (χ1) is 20.4. The molecule has 1 aliphatic heterocycles. The molecule has 1 aliphatic carbocycles. The molecule has 2 aliphatic rings. The summed E-state index contributed by atoms with van der Waals surface area (Å²) in [6, 6.07) is 13.5. The molecule has 1 unspecified atom stereocenters. The minimum atomic E-state index is -1.04. The predicted molar refractivity (Wildman–Crippen MR) is 148 cm³/mol. The molecule has 1 N–H and O–H groups in total. The van der Waals surface area contributed by atoms with E-state index < -0.39 is 17.8 Å². The van der Waals surface area contributed by atoms with Gasteiger partial charge < -0.3 is 24.1 Å². The van der Waals surface area contributed by atoms with Crippen LogP contribution in [0.15, 0.2) is 59.0 Å². The molecule has 3 heterocycles. The van der Waals surface area contributed by atoms with Crippen LogP contribution in [0.4, 0.5) is 4.39 Å². The third-order valence-corrected chi connectivity index (χ3v) is 7.50. The Morgan fingerprint density at radius 3 is 2.60 bits per heavy atom. The van der Waals surface area contributed by atoms with Crippen LogP contribution >= 0.6 is 0 Å². The molecule has 12 heteroatoms. The molecule has 42 heavy (non-hydrogen) atoms. The minimum Gasteiger partial charge on any atom is -0.458 e. The van der Waals surface area contributed by atoms with Crippen LogP contribution in [0.25, 0.3) is 11.6 Å². The second-order valence-corrected chi connectivity index (χ2v) is 10.6. The Morgan fingerprint density at radius 1 is 1.05 bits per heavy atom. The van der Waals surface area contributed by atoms with Gasteiger partial charge in [-0.1, -0.05) is 37.5 Å². The van der Waals surface area contributed by atoms with Crippen LogP contribution in [0.3, 0.4) is 0 Å². The summed E-state index contributed by atoms with van der Waals surface area (Å²) in [5, 5.41) is 15.5. The van der Waals surface area contributed by atoms with Gasteiger partial charge in [-0.3, -0.25) is 9.59 Å². The zero-order valence-electron chi connectivity index (χ0n) is 23.2. The lowest BCUT2D eigenvalue weighted by Crippen LogP contribution is -2.47. The molecule has 0 saturated heterocycles. The highest BCUT2D eigenvalue weighted by molar-refractivity contribution is 5.89. The summed E-state index contributed by atoms with van der Waals surface area (Å²) in [7, 11) is 0. The van der Waals surface area contributed by atoms with Crippen LogP contribution < -0.4 is 14.8 Å². The molecule has 0 radical (unpaired) electrons. The molecule has 2 aromatic heterocycles. The van der Waals surface area contributed by atoms with Gasteiger partial charge in [0.1, 0.15) is 24.2 Å². The Kier molecular flexibility index (Phi) is 7.85. The number of halogens is 1. The Balaban J connectivity index is 1.33. The number of hydrogen-bond donors (Lipinski definition) is 1. The van der Waals surface area contributed by atoms with E-state index in [1.165, 1.54) is 34.0 Å². The first-order valence-corrected chi connectivity index (χ1v) is 14.0. The monoisotopic (exact) mass is 574 g/mol. The standard InChI is InChI=1S/C30H31FN6O5/c1-19-7-13-25(42-19)29-33-35-37(34-29)17-27(38)36(16-20-8-14-24-26(15-20)41-18-40-24)28(21-9-11-22(31)12-10-21)30(39)32-23-5-3-2-4-6-23/h7-15,23,28H,2-6,16-18H2,1H3,(H,32,39). The first kappa shape index (κ1) is 27.4. The molecule has 4 aromatic rings. The second-order valence-electron chi connectivity index (χ2n) is 10.6. The number of ether oxygens (including phenoxy) is 2. The average Bonchev–Trinajstić information content (AvgIpc) is 3.75. The topological polar surface area (TPSA) is 125 Å². The number of carbonyl (C=O) groups is 2. The fraction of sp³-hybridized carbons (Fsp3) is 0.367. The van der Waals surface area contributed by atoms with Gasteiger partial charge in [-0.2, -0.15) is 4.80 Å². The highest BCUT2D eigenvalue weighted by atomic mass is 19.1. The number of carbonyl (C=O) groups excluding carboxylic acids is 2. The summed E-state index contributed by atoms with van der Waals surface area (Å²) in [6.45, 7) is 1.69. The van der Waals surface area contributed by atoms with Gasteiger partial charge in [0.2, 0.25) is 24.4 Å². The Labute approximate surface area is 241 Å². The van der Waals surface area contributed by atoms with Gasteiger partial charge in [0.05, 0.1) is 0 Å². The summed E-state index contributed by atoms with van der Waals surface area (Å²) < 4.78 is 30.5. The Hall–Kier alpha value is -4.74. The molecule has 0 spiro atoms. The van der Waals surface area contributed by atoms with Crippen LogP contribution in [0.2, 0.25) is 0 Å². The molecule has 2 aromatic carbocycles. The normalized spacial score (nSPS) is 15.4. The van der Waals surface area contributed by atoms with Gasteiger partial charge in [-0.25, -0.2) is 4.39 Å². The largest absolute Gasteiger partial charge is 0.458 e. The van der Waals surface area contributed by atoms with Crippen LogP contribution in [0.1, 0.15) is 55.0 Å². The zero-order chi connectivity index (χ0) is 29.1. The van der Waals surface area contributed by atoms with E-state index in [4.69, 9.17) is 13.9 Å². The van der Waals surface area contributed by atoms with Crippen molar-refractivity contribution < 1.29 is 27.9 Å². The minimum absolute atomic E-state index is 0.00739. The van der Waals surface area contributed by atoms with Crippen molar-refractivity contribution in [1.82, 2.24) is 30.4 Å². The molecule has 6 rings (SSSR count). The third-order valence-electron chi connectivity index (χ3n) is 7.50. The number of benzene rings is 2. The maximum Gasteiger partial charge on any atom is 0.247 e. The fourth-order valence-electron chi connectivity index (χ4n) is 5.38. The number of nitrogens with zero attached hydrogens (tertiary/aromatic N) is 5. The summed E-state index contributed by atoms with van der Waals surface area (Å²) in [4.78, 5) is 30.6. The molecule has 1 saturated carbocycles. The van der Waals surface area contributed by atoms with E-state index >= 15 is 0 Å². The van der Waals surface area contributed by atoms with Crippen molar-refractivity contribution in [1.29, 1.82) is 0 Å². The molecule has 1 fully saturated rings. The van der Waals surface area contributed by atoms with E-state index in [2.05, 4.69) is 20.7 Å². The Bertz CT molecular complexity index is 1560. The van der Waals surface area contributed by atoms with Crippen molar-refractivity contribution in [2.75, 3.05) is 6.79 Å². The molecular weight excluding hydrogens is 543 g/mol. The summed E-state index contributed by atoms with van der Waals surface area (Å²) in [5.41, 5.74) is 1.21. The lowest BCUT2D eigenvalue weighted by atomic mass is 9.94. The lowest BCUT2D eigenvalue weighted by molar-refractivity contribution is -0.142. The summed E-state index contributed by atoms with van der Waals surface area (Å²) in [6.07, 6.45) is 4.93. The van der Waals surface area contributed by atoms with Crippen molar-refractivity contribution in [2.24, 2.45) is 0 Å². The predicted octanol–water partition coefficient (Wildman–Crippen LogP) is 4.33. The number of fused-ring (bicyclic) bond motifs is 1. The van der Waals surface area contributed by atoms with Crippen molar-refractivity contribution in [2.45, 2.75) is 64.2 Å². The van der Waals surface area contributed by atoms with Crippen LogP contribution in [0.5, 0.6) is 11.5 Å². The smallest absolute Gasteiger partial charge is 0.247 e. The number of hydrogen-bond acceptors (Lipinski definition) is 8. The lowest BCUT2D eigenvalue weighted by Gasteiger charge is -2.33. The summed E-state index contributed by atoms with van der Waals surface area (Å²) >= 11 is 0. The highest BCUT2D eigenvalue weighted by Gasteiger charge is 2.34. The van der Waals surface area contributed by atoms with Crippen molar-refractivity contribution in [3.63, 3.8) is 0 Å². The van der Waals surface area contributed by atoms with Crippen LogP contribution in [-0.2, 0) is 22.7 Å². The van der Waals surface area contributed by atoms with Crippen molar-refractivity contribution >= 4 is 11.8 Å². The van der Waals surface area contributed by atoms with E-state index in [-0.39, 0.29) is 37.7 Å². The number of aromatic nitrogens is 4. The van der Waals surface area contributed by atoms with Gasteiger partial charge in [-0.05, 0) is 72.5 Å². The van der Waals surface area contributed by atoms with E-state index in [1.807, 2.05) is 6.07 Å². The fourth-order valence-corrected chi connectivity index (χ4v) is 5.38. The molecule has 11 nitrogen and oxygen atoms in total. The maximum atomic E-state index is 14.0. The molecule has 1 atom stereocenters. The number of nitrogens with one attached hydrogen (secondary N) is 1. The maximum absolute atomic E-state index is 14.0. The van der Waals surface area contributed by atoms with E-state index in [1.54, 1.807) is 31.2 Å². The molecule has 0 bridgehead atoms. The third kappa shape index (κ3) is 6.12. The second kappa shape index (κ2) is 12.0. The van der Waals surface area contributed by atoms with Crippen molar-refractivity contribution in [3.8, 4) is 23.1 Å². The Morgan fingerprint density at radius 2 is 1.83 bits per heavy atom. The average molecular weight is 575 g/mol. The van der Waals surface area contributed by atoms with Crippen LogP contribution in [-0.4, -0.2) is 49.8 Å². The molecule has 2 amide bonds. The number of aryl methyl sites for hydroxylation is 1. The van der Waals surface area contributed by atoms with E-state index in [0.29, 0.717) is 28.6 Å². The molecule has 218 valence electrons. The van der Waals surface area contributed by atoms with Gasteiger partial charge in [0, 0.05) is 12.6 Å². The number of furan rings is 1. The van der Waals surface area contributed by atoms with Gasteiger partial charge in [-0.15, -0.1) is 10.2 Å². The quantitative estimate of drug-likeness (QED) is 0.313. The number of amides is 2. The van der Waals surface area contributed by atoms with Crippen LogP contribution in [0, 0.1) is 12.7 Å². The van der Waals surface area contributed by atoms with Gasteiger partial charge in [0.25, 0.3) is 0 Å². The van der Waals surface area contributed by atoms with E-state index in [9.17, 15) is 14.0 Å². The first-order valence-electron chi connectivity index (χ1n) is 14.0. The van der Waals surface area contributed by atoms with E-state index in [0.717, 1.165) is 37.7 Å². The number of rotatable bonds is 9. The van der Waals surface area contributed by atoms with Crippen molar-refractivity contribution in [3.05, 3.63) is 77.3 Å². The van der Waals surface area contributed by atoms with Gasteiger partial charge >= 0.3 is 0 Å². The van der Waals surface area contributed by atoms with Gasteiger partial charge in [0.15, 0.2) is 17.3 Å². The SMILES string of the molecule is Cc1ccc(-c2nnn(CC(=O)N(Cc3ccc4c(c3)OCO4)C(C(=O)NC3CCCCC3)c3ccc(F)cc3)n2)o1. The molecular formula is C30H31FN6O5. The number of tetrazole rings is 1. The highest BCUT2D eigenvalue weighted by Crippen LogP contribution is 2.34. The summed E-state index contributed by atoms with van der Waals surface area (Å²) in [5.74, 6) is 1.32.